The lowest BCUT2D eigenvalue weighted by molar-refractivity contribution is -0.125. The number of amides is 1. The predicted molar refractivity (Wildman–Crippen MR) is 111 cm³/mol. The van der Waals surface area contributed by atoms with E-state index in [4.69, 9.17) is 16.3 Å². The van der Waals surface area contributed by atoms with E-state index in [0.29, 0.717) is 18.1 Å². The molecule has 1 fully saturated rings. The minimum absolute atomic E-state index is 0.0646. The van der Waals surface area contributed by atoms with Crippen molar-refractivity contribution in [1.82, 2.24) is 15.3 Å². The van der Waals surface area contributed by atoms with Gasteiger partial charge in [0.05, 0.1) is 24.1 Å². The lowest BCUT2D eigenvalue weighted by Crippen LogP contribution is -2.43. The number of aromatic amines is 1. The Labute approximate surface area is 168 Å². The highest BCUT2D eigenvalue weighted by Crippen LogP contribution is 2.25. The number of fused-ring (bicyclic) bond motifs is 1. The van der Waals surface area contributed by atoms with E-state index in [1.807, 2.05) is 42.5 Å². The monoisotopic (exact) mass is 398 g/mol. The molecule has 6 nitrogen and oxygen atoms in total. The van der Waals surface area contributed by atoms with Crippen LogP contribution in [0.25, 0.3) is 11.0 Å². The fraction of sp³-hybridized carbons (Fsp3) is 0.333. The Hall–Kier alpha value is -2.73. The van der Waals surface area contributed by atoms with Crippen LogP contribution in [0.5, 0.6) is 5.75 Å². The standard InChI is InChI=1S/C21H23ClN4O2/c1-28-19-7-3-2-5-14(19)12-23-20(27)15-6-4-10-26(13-15)21-24-17-9-8-16(22)11-18(17)25-21/h2-3,5,7-9,11,15H,4,6,10,12-13H2,1H3,(H,23,27)(H,24,25)/t15-/m0/s1. The van der Waals surface area contributed by atoms with Gasteiger partial charge >= 0.3 is 0 Å². The average Bonchev–Trinajstić information content (AvgIpc) is 3.15. The van der Waals surface area contributed by atoms with Crippen LogP contribution in [0.4, 0.5) is 5.95 Å². The highest BCUT2D eigenvalue weighted by molar-refractivity contribution is 6.31. The number of anilines is 1. The lowest BCUT2D eigenvalue weighted by atomic mass is 9.97. The number of para-hydroxylation sites is 1. The van der Waals surface area contributed by atoms with Crippen molar-refractivity contribution < 1.29 is 9.53 Å². The van der Waals surface area contributed by atoms with Gasteiger partial charge in [-0.2, -0.15) is 0 Å². The maximum Gasteiger partial charge on any atom is 0.225 e. The first-order valence-corrected chi connectivity index (χ1v) is 9.81. The molecule has 3 aromatic rings. The van der Waals surface area contributed by atoms with Crippen LogP contribution in [0, 0.1) is 5.92 Å². The van der Waals surface area contributed by atoms with Gasteiger partial charge in [-0.3, -0.25) is 4.79 Å². The molecule has 0 radical (unpaired) electrons. The van der Waals surface area contributed by atoms with E-state index < -0.39 is 0 Å². The van der Waals surface area contributed by atoms with Gasteiger partial charge in [-0.1, -0.05) is 29.8 Å². The van der Waals surface area contributed by atoms with Gasteiger partial charge in [-0.25, -0.2) is 4.98 Å². The number of halogens is 1. The summed E-state index contributed by atoms with van der Waals surface area (Å²) in [6.45, 7) is 1.98. The molecule has 2 heterocycles. The number of rotatable bonds is 5. The molecule has 0 unspecified atom stereocenters. The molecule has 0 saturated carbocycles. The fourth-order valence-electron chi connectivity index (χ4n) is 3.68. The second-order valence-electron chi connectivity index (χ2n) is 7.04. The number of hydrogen-bond acceptors (Lipinski definition) is 4. The minimum atomic E-state index is -0.0692. The summed E-state index contributed by atoms with van der Waals surface area (Å²) in [5.41, 5.74) is 2.76. The number of nitrogens with one attached hydrogen (secondary N) is 2. The second kappa shape index (κ2) is 8.10. The summed E-state index contributed by atoms with van der Waals surface area (Å²) in [7, 11) is 1.64. The normalized spacial score (nSPS) is 16.9. The molecule has 1 saturated heterocycles. The van der Waals surface area contributed by atoms with E-state index in [1.54, 1.807) is 7.11 Å². The number of H-pyrrole nitrogens is 1. The van der Waals surface area contributed by atoms with Crippen molar-refractivity contribution in [1.29, 1.82) is 0 Å². The molecule has 0 aliphatic carbocycles. The smallest absolute Gasteiger partial charge is 0.225 e. The quantitative estimate of drug-likeness (QED) is 0.686. The number of aromatic nitrogens is 2. The summed E-state index contributed by atoms with van der Waals surface area (Å²) in [6.07, 6.45) is 1.82. The number of carbonyl (C=O) groups excluding carboxylic acids is 1. The van der Waals surface area contributed by atoms with Gasteiger partial charge in [0.1, 0.15) is 5.75 Å². The Bertz CT molecular complexity index is 987. The summed E-state index contributed by atoms with van der Waals surface area (Å²) < 4.78 is 5.35. The molecule has 4 rings (SSSR count). The molecule has 1 amide bonds. The third-order valence-electron chi connectivity index (χ3n) is 5.17. The largest absolute Gasteiger partial charge is 0.496 e. The minimum Gasteiger partial charge on any atom is -0.496 e. The van der Waals surface area contributed by atoms with Crippen LogP contribution in [0.3, 0.4) is 0 Å². The van der Waals surface area contributed by atoms with Gasteiger partial charge in [0, 0.05) is 30.2 Å². The first-order valence-electron chi connectivity index (χ1n) is 9.44. The van der Waals surface area contributed by atoms with E-state index in [2.05, 4.69) is 20.2 Å². The molecule has 1 aliphatic heterocycles. The Kier molecular flexibility index (Phi) is 5.39. The van der Waals surface area contributed by atoms with Gasteiger partial charge in [-0.05, 0) is 37.1 Å². The van der Waals surface area contributed by atoms with Gasteiger partial charge in [0.25, 0.3) is 0 Å². The van der Waals surface area contributed by atoms with Crippen LogP contribution in [0.1, 0.15) is 18.4 Å². The van der Waals surface area contributed by atoms with Crippen molar-refractivity contribution in [2.75, 3.05) is 25.1 Å². The van der Waals surface area contributed by atoms with Crippen molar-refractivity contribution >= 4 is 34.5 Å². The second-order valence-corrected chi connectivity index (χ2v) is 7.47. The molecule has 1 atom stereocenters. The number of piperidine rings is 1. The molecule has 1 aromatic heterocycles. The lowest BCUT2D eigenvalue weighted by Gasteiger charge is -2.31. The third kappa shape index (κ3) is 3.92. The van der Waals surface area contributed by atoms with Crippen LogP contribution in [-0.4, -0.2) is 36.1 Å². The highest BCUT2D eigenvalue weighted by atomic mass is 35.5. The summed E-state index contributed by atoms with van der Waals surface area (Å²) >= 11 is 6.06. The van der Waals surface area contributed by atoms with E-state index in [0.717, 1.165) is 47.7 Å². The molecule has 2 aromatic carbocycles. The molecular formula is C21H23ClN4O2. The summed E-state index contributed by atoms with van der Waals surface area (Å²) in [5.74, 6) is 1.57. The molecule has 7 heteroatoms. The maximum atomic E-state index is 12.7. The zero-order chi connectivity index (χ0) is 19.5. The van der Waals surface area contributed by atoms with Crippen molar-refractivity contribution in [3.63, 3.8) is 0 Å². The Morgan fingerprint density at radius 1 is 1.36 bits per heavy atom. The van der Waals surface area contributed by atoms with Crippen molar-refractivity contribution in [2.24, 2.45) is 5.92 Å². The van der Waals surface area contributed by atoms with Crippen molar-refractivity contribution in [3.8, 4) is 5.75 Å². The SMILES string of the molecule is COc1ccccc1CNC(=O)[C@H]1CCCN(c2nc3ccc(Cl)cc3[nH]2)C1. The summed E-state index contributed by atoms with van der Waals surface area (Å²) in [6, 6.07) is 13.3. The number of benzene rings is 2. The van der Waals surface area contributed by atoms with E-state index in [9.17, 15) is 4.79 Å². The molecular weight excluding hydrogens is 376 g/mol. The highest BCUT2D eigenvalue weighted by Gasteiger charge is 2.27. The van der Waals surface area contributed by atoms with Gasteiger partial charge in [-0.15, -0.1) is 0 Å². The van der Waals surface area contributed by atoms with Crippen molar-refractivity contribution in [2.45, 2.75) is 19.4 Å². The predicted octanol–water partition coefficient (Wildman–Crippen LogP) is 3.76. The van der Waals surface area contributed by atoms with Crippen LogP contribution in [0.15, 0.2) is 42.5 Å². The van der Waals surface area contributed by atoms with Crippen LogP contribution < -0.4 is 15.0 Å². The summed E-state index contributed by atoms with van der Waals surface area (Å²) in [5, 5.41) is 3.73. The molecule has 28 heavy (non-hydrogen) atoms. The summed E-state index contributed by atoms with van der Waals surface area (Å²) in [4.78, 5) is 22.9. The van der Waals surface area contributed by atoms with Crippen LogP contribution in [-0.2, 0) is 11.3 Å². The van der Waals surface area contributed by atoms with Crippen LogP contribution in [0.2, 0.25) is 5.02 Å². The first kappa shape index (κ1) is 18.6. The molecule has 1 aliphatic rings. The van der Waals surface area contributed by atoms with Crippen LogP contribution >= 0.6 is 11.6 Å². The van der Waals surface area contributed by atoms with E-state index in [1.165, 1.54) is 0 Å². The van der Waals surface area contributed by atoms with E-state index >= 15 is 0 Å². The number of methoxy groups -OCH3 is 1. The Morgan fingerprint density at radius 3 is 3.07 bits per heavy atom. The molecule has 146 valence electrons. The topological polar surface area (TPSA) is 70.2 Å². The number of ether oxygens (including phenoxy) is 1. The molecule has 0 bridgehead atoms. The number of imidazole rings is 1. The zero-order valence-corrected chi connectivity index (χ0v) is 16.5. The first-order chi connectivity index (χ1) is 13.6. The average molecular weight is 399 g/mol. The molecule has 2 N–H and O–H groups in total. The fourth-order valence-corrected chi connectivity index (χ4v) is 3.85. The van der Waals surface area contributed by atoms with E-state index in [-0.39, 0.29) is 11.8 Å². The van der Waals surface area contributed by atoms with Gasteiger partial charge in [0.2, 0.25) is 11.9 Å². The van der Waals surface area contributed by atoms with Crippen molar-refractivity contribution in [3.05, 3.63) is 53.1 Å². The Balaban J connectivity index is 1.41. The number of nitrogens with zero attached hydrogens (tertiary/aromatic N) is 2. The number of hydrogen-bond donors (Lipinski definition) is 2. The number of carbonyl (C=O) groups is 1. The molecule has 0 spiro atoms. The zero-order valence-electron chi connectivity index (χ0n) is 15.7. The van der Waals surface area contributed by atoms with Gasteiger partial charge < -0.3 is 19.9 Å². The Morgan fingerprint density at radius 2 is 2.21 bits per heavy atom. The third-order valence-corrected chi connectivity index (χ3v) is 5.40. The van der Waals surface area contributed by atoms with Gasteiger partial charge in [0.15, 0.2) is 0 Å². The maximum absolute atomic E-state index is 12.7.